The van der Waals surface area contributed by atoms with E-state index in [0.717, 1.165) is 34.5 Å². The molecule has 4 aromatic rings. The van der Waals surface area contributed by atoms with Crippen molar-refractivity contribution in [2.24, 2.45) is 5.10 Å². The lowest BCUT2D eigenvalue weighted by Gasteiger charge is -2.24. The molecule has 39 heavy (non-hydrogen) atoms. The lowest BCUT2D eigenvalue weighted by atomic mass is 9.98. The molecule has 2 aliphatic rings. The van der Waals surface area contributed by atoms with Crippen LogP contribution in [0.3, 0.4) is 0 Å². The predicted molar refractivity (Wildman–Crippen MR) is 166 cm³/mol. The molecule has 0 aliphatic carbocycles. The van der Waals surface area contributed by atoms with Gasteiger partial charge in [0.05, 0.1) is 28.4 Å². The SMILES string of the molecule is C[C@@H](c1ccccc1)N1C(=O)/C(=C\c2ccc(N3N=C(c4ccccc4)C[C@@H]3c3ccccc3)cc2)SC1=S. The first-order valence-corrected chi connectivity index (χ1v) is 14.2. The highest BCUT2D eigenvalue weighted by Crippen LogP contribution is 2.39. The fraction of sp³-hybridized carbons (Fsp3) is 0.121. The molecule has 4 nitrogen and oxygen atoms in total. The maximum atomic E-state index is 13.3. The van der Waals surface area contributed by atoms with Gasteiger partial charge in [-0.15, -0.1) is 0 Å². The first-order valence-electron chi connectivity index (χ1n) is 13.0. The fourth-order valence-electron chi connectivity index (χ4n) is 5.06. The average molecular weight is 546 g/mol. The number of hydrogen-bond acceptors (Lipinski definition) is 5. The number of benzene rings is 4. The first kappa shape index (κ1) is 25.3. The number of nitrogens with zero attached hydrogens (tertiary/aromatic N) is 3. The number of hydrogen-bond donors (Lipinski definition) is 0. The largest absolute Gasteiger partial charge is 0.286 e. The van der Waals surface area contributed by atoms with Gasteiger partial charge in [-0.25, -0.2) is 0 Å². The number of thiocarbonyl (C=S) groups is 1. The molecule has 0 radical (unpaired) electrons. The molecule has 4 aromatic carbocycles. The third-order valence-electron chi connectivity index (χ3n) is 7.15. The lowest BCUT2D eigenvalue weighted by molar-refractivity contribution is -0.123. The van der Waals surface area contributed by atoms with Gasteiger partial charge in [-0.3, -0.25) is 14.7 Å². The smallest absolute Gasteiger partial charge is 0.266 e. The van der Waals surface area contributed by atoms with Crippen molar-refractivity contribution in [1.82, 2.24) is 4.90 Å². The van der Waals surface area contributed by atoms with E-state index in [0.29, 0.717) is 9.23 Å². The van der Waals surface area contributed by atoms with E-state index < -0.39 is 0 Å². The summed E-state index contributed by atoms with van der Waals surface area (Å²) < 4.78 is 0.588. The Morgan fingerprint density at radius 1 is 0.872 bits per heavy atom. The van der Waals surface area contributed by atoms with Gasteiger partial charge in [0.25, 0.3) is 5.91 Å². The third-order valence-corrected chi connectivity index (χ3v) is 8.48. The number of rotatable bonds is 6. The molecule has 192 valence electrons. The van der Waals surface area contributed by atoms with Crippen LogP contribution < -0.4 is 5.01 Å². The maximum absolute atomic E-state index is 13.3. The molecule has 1 saturated heterocycles. The van der Waals surface area contributed by atoms with Gasteiger partial charge in [-0.2, -0.15) is 5.10 Å². The summed E-state index contributed by atoms with van der Waals surface area (Å²) in [6.45, 7) is 2.02. The number of carbonyl (C=O) groups is 1. The third kappa shape index (κ3) is 5.18. The van der Waals surface area contributed by atoms with E-state index in [1.54, 1.807) is 4.90 Å². The summed E-state index contributed by atoms with van der Waals surface area (Å²) in [4.78, 5) is 15.7. The molecule has 1 amide bonds. The Labute approximate surface area is 238 Å². The van der Waals surface area contributed by atoms with Crippen molar-refractivity contribution < 1.29 is 4.79 Å². The van der Waals surface area contributed by atoms with Crippen LogP contribution >= 0.6 is 24.0 Å². The summed E-state index contributed by atoms with van der Waals surface area (Å²) in [7, 11) is 0. The minimum absolute atomic E-state index is 0.0498. The van der Waals surface area contributed by atoms with Crippen LogP contribution in [0.5, 0.6) is 0 Å². The molecule has 0 unspecified atom stereocenters. The Kier molecular flexibility index (Phi) is 7.14. The molecular formula is C33H27N3OS2. The highest BCUT2D eigenvalue weighted by Gasteiger charge is 2.36. The quantitative estimate of drug-likeness (QED) is 0.182. The van der Waals surface area contributed by atoms with Gasteiger partial charge >= 0.3 is 0 Å². The Balaban J connectivity index is 1.25. The average Bonchev–Trinajstić information content (AvgIpc) is 3.55. The Morgan fingerprint density at radius 3 is 2.15 bits per heavy atom. The van der Waals surface area contributed by atoms with Crippen molar-refractivity contribution >= 4 is 51.7 Å². The second-order valence-electron chi connectivity index (χ2n) is 9.62. The van der Waals surface area contributed by atoms with Crippen LogP contribution in [0.15, 0.2) is 125 Å². The van der Waals surface area contributed by atoms with Gasteiger partial charge in [0.15, 0.2) is 0 Å². The monoisotopic (exact) mass is 545 g/mol. The van der Waals surface area contributed by atoms with Crippen LogP contribution in [0.1, 0.15) is 47.7 Å². The van der Waals surface area contributed by atoms with Gasteiger partial charge in [-0.1, -0.05) is 127 Å². The zero-order chi connectivity index (χ0) is 26.8. The summed E-state index contributed by atoms with van der Waals surface area (Å²) in [6, 6.07) is 39.1. The summed E-state index contributed by atoms with van der Waals surface area (Å²) >= 11 is 6.96. The van der Waals surface area contributed by atoms with Crippen LogP contribution in [0, 0.1) is 0 Å². The number of anilines is 1. The second kappa shape index (κ2) is 11.0. The molecule has 0 aromatic heterocycles. The number of hydrazone groups is 1. The van der Waals surface area contributed by atoms with Gasteiger partial charge < -0.3 is 0 Å². The molecule has 0 saturated carbocycles. The second-order valence-corrected chi connectivity index (χ2v) is 11.3. The van der Waals surface area contributed by atoms with Crippen LogP contribution in [0.4, 0.5) is 5.69 Å². The fourth-order valence-corrected chi connectivity index (χ4v) is 6.48. The van der Waals surface area contributed by atoms with Crippen molar-refractivity contribution in [1.29, 1.82) is 0 Å². The Bertz CT molecular complexity index is 1550. The molecule has 6 rings (SSSR count). The van der Waals surface area contributed by atoms with E-state index in [9.17, 15) is 4.79 Å². The van der Waals surface area contributed by atoms with Gasteiger partial charge in [-0.05, 0) is 47.4 Å². The van der Waals surface area contributed by atoms with Crippen molar-refractivity contribution in [2.75, 3.05) is 5.01 Å². The zero-order valence-electron chi connectivity index (χ0n) is 21.5. The van der Waals surface area contributed by atoms with E-state index >= 15 is 0 Å². The van der Waals surface area contributed by atoms with E-state index in [1.807, 2.05) is 67.6 Å². The first-order chi connectivity index (χ1) is 19.1. The Hall–Kier alpha value is -4.00. The van der Waals surface area contributed by atoms with Crippen molar-refractivity contribution in [3.8, 4) is 0 Å². The van der Waals surface area contributed by atoms with Crippen LogP contribution in [-0.4, -0.2) is 20.8 Å². The molecule has 0 spiro atoms. The van der Waals surface area contributed by atoms with E-state index in [2.05, 4.69) is 65.7 Å². The molecule has 2 atom stereocenters. The topological polar surface area (TPSA) is 35.9 Å². The number of amides is 1. The summed E-state index contributed by atoms with van der Waals surface area (Å²) in [5.41, 5.74) is 6.47. The molecule has 0 bridgehead atoms. The van der Waals surface area contributed by atoms with Crippen molar-refractivity contribution in [2.45, 2.75) is 25.4 Å². The van der Waals surface area contributed by atoms with Gasteiger partial charge in [0.2, 0.25) is 0 Å². The zero-order valence-corrected chi connectivity index (χ0v) is 23.1. The highest BCUT2D eigenvalue weighted by molar-refractivity contribution is 8.26. The van der Waals surface area contributed by atoms with Crippen LogP contribution in [-0.2, 0) is 4.79 Å². The van der Waals surface area contributed by atoms with Crippen LogP contribution in [0.2, 0.25) is 0 Å². The summed E-state index contributed by atoms with van der Waals surface area (Å²) in [5.74, 6) is -0.0498. The number of thioether (sulfide) groups is 1. The maximum Gasteiger partial charge on any atom is 0.266 e. The predicted octanol–water partition coefficient (Wildman–Crippen LogP) is 8.00. The molecular weight excluding hydrogens is 519 g/mol. The lowest BCUT2D eigenvalue weighted by Crippen LogP contribution is -2.30. The van der Waals surface area contributed by atoms with Crippen molar-refractivity contribution in [3.05, 3.63) is 142 Å². The standard InChI is InChI=1S/C33H27N3OS2/c1-23(25-11-5-2-6-12-25)35-32(37)31(39-33(35)38)21-24-17-19-28(20-18-24)36-30(27-15-9-4-10-16-27)22-29(34-36)26-13-7-3-8-14-26/h2-21,23,30H,22H2,1H3/b31-21+/t23-,30+/m0/s1. The molecule has 2 heterocycles. The minimum atomic E-state index is -0.117. The van der Waals surface area contributed by atoms with E-state index in [-0.39, 0.29) is 18.0 Å². The molecule has 2 aliphatic heterocycles. The molecule has 1 fully saturated rings. The van der Waals surface area contributed by atoms with E-state index in [1.165, 1.54) is 17.3 Å². The molecule has 0 N–H and O–H groups in total. The normalized spacial score (nSPS) is 19.1. The number of carbonyl (C=O) groups excluding carboxylic acids is 1. The van der Waals surface area contributed by atoms with Crippen molar-refractivity contribution in [3.63, 3.8) is 0 Å². The van der Waals surface area contributed by atoms with Gasteiger partial charge in [0, 0.05) is 6.42 Å². The van der Waals surface area contributed by atoms with E-state index in [4.69, 9.17) is 17.3 Å². The summed E-state index contributed by atoms with van der Waals surface area (Å²) in [5, 5.41) is 7.17. The van der Waals surface area contributed by atoms with Gasteiger partial charge in [0.1, 0.15) is 4.32 Å². The highest BCUT2D eigenvalue weighted by atomic mass is 32.2. The Morgan fingerprint density at radius 2 is 1.49 bits per heavy atom. The molecule has 6 heteroatoms. The summed E-state index contributed by atoms with van der Waals surface area (Å²) in [6.07, 6.45) is 2.76. The van der Waals surface area contributed by atoms with Crippen LogP contribution in [0.25, 0.3) is 6.08 Å². The minimum Gasteiger partial charge on any atom is -0.286 e.